The van der Waals surface area contributed by atoms with Gasteiger partial charge < -0.3 is 15.6 Å². The first-order valence-electron chi connectivity index (χ1n) is 8.96. The van der Waals surface area contributed by atoms with Gasteiger partial charge in [0.1, 0.15) is 23.1 Å². The topological polar surface area (TPSA) is 95.6 Å². The van der Waals surface area contributed by atoms with Gasteiger partial charge in [0.15, 0.2) is 0 Å². The zero-order chi connectivity index (χ0) is 22.0. The fourth-order valence-corrected chi connectivity index (χ4v) is 2.92. The smallest absolute Gasteiger partial charge is 0.365 e. The molecule has 4 heterocycles. The van der Waals surface area contributed by atoms with Crippen molar-refractivity contribution in [2.24, 2.45) is 0 Å². The zero-order valence-electron chi connectivity index (χ0n) is 15.7. The van der Waals surface area contributed by atoms with Gasteiger partial charge in [-0.05, 0) is 35.9 Å². The van der Waals surface area contributed by atoms with Crippen LogP contribution in [0.25, 0.3) is 11.0 Å². The summed E-state index contributed by atoms with van der Waals surface area (Å²) in [6.45, 7) is 0.272. The summed E-state index contributed by atoms with van der Waals surface area (Å²) in [5.74, 6) is -1.53. The van der Waals surface area contributed by atoms with E-state index < -0.39 is 23.5 Å². The molecule has 0 unspecified atom stereocenters. The highest BCUT2D eigenvalue weighted by Crippen LogP contribution is 2.29. The summed E-state index contributed by atoms with van der Waals surface area (Å²) in [4.78, 5) is 27.3. The molecule has 11 heteroatoms. The first kappa shape index (κ1) is 20.3. The van der Waals surface area contributed by atoms with E-state index in [0.29, 0.717) is 11.8 Å². The number of aromatic amines is 1. The molecule has 4 aromatic rings. The molecule has 0 saturated carbocycles. The maximum Gasteiger partial charge on any atom is 0.417 e. The zero-order valence-corrected chi connectivity index (χ0v) is 15.7. The van der Waals surface area contributed by atoms with Crippen molar-refractivity contribution in [2.45, 2.75) is 12.7 Å². The number of nitrogens with zero attached hydrogens (tertiary/aromatic N) is 3. The van der Waals surface area contributed by atoms with Crippen molar-refractivity contribution in [3.8, 4) is 0 Å². The quantitative estimate of drug-likeness (QED) is 0.409. The van der Waals surface area contributed by atoms with Crippen molar-refractivity contribution >= 4 is 28.6 Å². The lowest BCUT2D eigenvalue weighted by Crippen LogP contribution is -2.17. The molecular weight excluding hydrogens is 416 g/mol. The number of anilines is 2. The molecule has 4 rings (SSSR count). The van der Waals surface area contributed by atoms with E-state index in [2.05, 4.69) is 30.6 Å². The Morgan fingerprint density at radius 2 is 1.90 bits per heavy atom. The van der Waals surface area contributed by atoms with Gasteiger partial charge >= 0.3 is 6.18 Å². The number of alkyl halides is 3. The molecule has 0 fully saturated rings. The minimum atomic E-state index is -4.54. The molecule has 0 spiro atoms. The fourth-order valence-electron chi connectivity index (χ4n) is 2.92. The molecule has 0 bridgehead atoms. The molecule has 0 aliphatic rings. The van der Waals surface area contributed by atoms with Crippen LogP contribution in [0.2, 0.25) is 0 Å². The third-order valence-corrected chi connectivity index (χ3v) is 4.43. The summed E-state index contributed by atoms with van der Waals surface area (Å²) in [5, 5.41) is 6.21. The Labute approximate surface area is 172 Å². The van der Waals surface area contributed by atoms with Crippen molar-refractivity contribution < 1.29 is 22.4 Å². The van der Waals surface area contributed by atoms with Gasteiger partial charge in [0.25, 0.3) is 5.91 Å². The normalized spacial score (nSPS) is 11.5. The number of hydrogen-bond donors (Lipinski definition) is 3. The van der Waals surface area contributed by atoms with Crippen LogP contribution < -0.4 is 10.6 Å². The molecule has 0 aromatic carbocycles. The minimum Gasteiger partial charge on any atom is -0.365 e. The maximum absolute atomic E-state index is 13.7. The second-order valence-corrected chi connectivity index (χ2v) is 6.50. The van der Waals surface area contributed by atoms with E-state index in [9.17, 15) is 22.4 Å². The number of hydrogen-bond acceptors (Lipinski definition) is 5. The van der Waals surface area contributed by atoms with Gasteiger partial charge in [-0.1, -0.05) is 0 Å². The number of fused-ring (bicyclic) bond motifs is 1. The Morgan fingerprint density at radius 3 is 2.65 bits per heavy atom. The van der Waals surface area contributed by atoms with Gasteiger partial charge in [-0.15, -0.1) is 0 Å². The highest BCUT2D eigenvalue weighted by molar-refractivity contribution is 6.07. The largest absolute Gasteiger partial charge is 0.417 e. The van der Waals surface area contributed by atoms with Crippen molar-refractivity contribution in [1.82, 2.24) is 19.9 Å². The molecule has 0 aliphatic carbocycles. The van der Waals surface area contributed by atoms with E-state index in [1.54, 1.807) is 18.5 Å². The molecule has 0 saturated heterocycles. The molecule has 3 N–H and O–H groups in total. The van der Waals surface area contributed by atoms with E-state index in [1.807, 2.05) is 6.07 Å². The average molecular weight is 430 g/mol. The molecule has 158 valence electrons. The Bertz CT molecular complexity index is 1240. The summed E-state index contributed by atoms with van der Waals surface area (Å²) in [5.41, 5.74) is 0.487. The summed E-state index contributed by atoms with van der Waals surface area (Å²) >= 11 is 0. The summed E-state index contributed by atoms with van der Waals surface area (Å²) in [6.07, 6.45) is 0.375. The fraction of sp³-hybridized carbons (Fsp3) is 0.100. The third kappa shape index (κ3) is 4.44. The second-order valence-electron chi connectivity index (χ2n) is 6.50. The molecule has 0 radical (unpaired) electrons. The maximum atomic E-state index is 13.7. The monoisotopic (exact) mass is 430 g/mol. The SMILES string of the molecule is O=C(Nc1ccc(C(F)(F)F)cn1)c1cc(F)cnc1NCc1ccnc2[nH]ccc12. The first-order chi connectivity index (χ1) is 14.8. The van der Waals surface area contributed by atoms with Crippen molar-refractivity contribution in [3.63, 3.8) is 0 Å². The lowest BCUT2D eigenvalue weighted by atomic mass is 10.1. The van der Waals surface area contributed by atoms with Crippen LogP contribution in [0.1, 0.15) is 21.5 Å². The lowest BCUT2D eigenvalue weighted by Gasteiger charge is -2.12. The van der Waals surface area contributed by atoms with Crippen LogP contribution in [0.5, 0.6) is 0 Å². The number of amides is 1. The van der Waals surface area contributed by atoms with E-state index in [4.69, 9.17) is 0 Å². The van der Waals surface area contributed by atoms with Crippen molar-refractivity contribution in [2.75, 3.05) is 10.6 Å². The summed E-state index contributed by atoms with van der Waals surface area (Å²) in [7, 11) is 0. The van der Waals surface area contributed by atoms with Gasteiger partial charge in [-0.25, -0.2) is 19.3 Å². The minimum absolute atomic E-state index is 0.103. The molecular formula is C20H14F4N6O. The molecule has 0 aliphatic heterocycles. The number of nitrogens with one attached hydrogen (secondary N) is 3. The Kier molecular flexibility index (Phi) is 5.24. The first-order valence-corrected chi connectivity index (χ1v) is 8.96. The third-order valence-electron chi connectivity index (χ3n) is 4.43. The predicted molar refractivity (Wildman–Crippen MR) is 105 cm³/mol. The number of aromatic nitrogens is 4. The highest BCUT2D eigenvalue weighted by atomic mass is 19.4. The lowest BCUT2D eigenvalue weighted by molar-refractivity contribution is -0.137. The number of halogens is 4. The van der Waals surface area contributed by atoms with Gasteiger partial charge in [-0.3, -0.25) is 4.79 Å². The van der Waals surface area contributed by atoms with Crippen LogP contribution in [0.3, 0.4) is 0 Å². The summed E-state index contributed by atoms with van der Waals surface area (Å²) < 4.78 is 51.7. The Hall–Kier alpha value is -4.02. The molecule has 7 nitrogen and oxygen atoms in total. The summed E-state index contributed by atoms with van der Waals surface area (Å²) in [6, 6.07) is 6.42. The van der Waals surface area contributed by atoms with Crippen molar-refractivity contribution in [1.29, 1.82) is 0 Å². The molecule has 4 aromatic heterocycles. The van der Waals surface area contributed by atoms with Crippen molar-refractivity contribution in [3.05, 3.63) is 77.6 Å². The molecule has 31 heavy (non-hydrogen) atoms. The Balaban J connectivity index is 1.53. The van der Waals surface area contributed by atoms with Gasteiger partial charge in [0.2, 0.25) is 0 Å². The number of rotatable bonds is 5. The van der Waals surface area contributed by atoms with Crippen LogP contribution >= 0.6 is 0 Å². The number of carbonyl (C=O) groups excluding carboxylic acids is 1. The van der Waals surface area contributed by atoms with E-state index >= 15 is 0 Å². The van der Waals surface area contributed by atoms with Crippen LogP contribution in [-0.4, -0.2) is 25.8 Å². The van der Waals surface area contributed by atoms with Crippen LogP contribution in [0, 0.1) is 5.82 Å². The van der Waals surface area contributed by atoms with E-state index in [0.717, 1.165) is 35.3 Å². The van der Waals surface area contributed by atoms with Gasteiger partial charge in [0, 0.05) is 30.5 Å². The molecule has 1 amide bonds. The highest BCUT2D eigenvalue weighted by Gasteiger charge is 2.30. The predicted octanol–water partition coefficient (Wildman–Crippen LogP) is 4.38. The molecule has 0 atom stereocenters. The average Bonchev–Trinajstić information content (AvgIpc) is 3.22. The van der Waals surface area contributed by atoms with Crippen LogP contribution in [0.4, 0.5) is 29.2 Å². The second kappa shape index (κ2) is 8.01. The van der Waals surface area contributed by atoms with E-state index in [-0.39, 0.29) is 23.7 Å². The van der Waals surface area contributed by atoms with Gasteiger partial charge in [-0.2, -0.15) is 13.2 Å². The Morgan fingerprint density at radius 1 is 1.06 bits per heavy atom. The van der Waals surface area contributed by atoms with E-state index in [1.165, 1.54) is 0 Å². The number of H-pyrrole nitrogens is 1. The van der Waals surface area contributed by atoms with Crippen LogP contribution in [-0.2, 0) is 12.7 Å². The number of carbonyl (C=O) groups is 1. The van der Waals surface area contributed by atoms with Gasteiger partial charge in [0.05, 0.1) is 17.3 Å². The standard InChI is InChI=1S/C20H14F4N6O/c21-13-7-15(19(31)30-16-2-1-12(9-27-16)20(22,23)24)18(29-10-13)28-8-11-3-5-25-17-14(11)4-6-26-17/h1-7,9-10H,8H2,(H,25,26)(H,28,29)(H,27,30,31). The number of pyridine rings is 3. The van der Waals surface area contributed by atoms with Crippen LogP contribution in [0.15, 0.2) is 55.1 Å².